The molecule has 2 rings (SSSR count). The number of benzene rings is 1. The maximum Gasteiger partial charge on any atom is 0.264 e. The molecule has 18 heavy (non-hydrogen) atoms. The first-order valence-corrected chi connectivity index (χ1v) is 7.16. The highest BCUT2D eigenvalue weighted by Gasteiger charge is 2.25. The van der Waals surface area contributed by atoms with Crippen LogP contribution in [0.5, 0.6) is 0 Å². The quantitative estimate of drug-likeness (QED) is 0.498. The van der Waals surface area contributed by atoms with Crippen molar-refractivity contribution in [1.82, 2.24) is 4.72 Å². The van der Waals surface area contributed by atoms with Crippen LogP contribution < -0.4 is 10.6 Å². The van der Waals surface area contributed by atoms with Gasteiger partial charge in [0.05, 0.1) is 27.6 Å². The summed E-state index contributed by atoms with van der Waals surface area (Å²) in [5, 5.41) is 0.282. The van der Waals surface area contributed by atoms with E-state index in [2.05, 4.69) is 19.0 Å². The summed E-state index contributed by atoms with van der Waals surface area (Å²) in [7, 11) is -3.64. The summed E-state index contributed by atoms with van der Waals surface area (Å²) >= 11 is 6.66. The van der Waals surface area contributed by atoms with Crippen molar-refractivity contribution in [3.8, 4) is 0 Å². The molecule has 0 saturated heterocycles. The summed E-state index contributed by atoms with van der Waals surface area (Å²) in [5.74, 6) is 4.98. The summed E-state index contributed by atoms with van der Waals surface area (Å²) in [4.78, 5) is 8.35. The highest BCUT2D eigenvalue weighted by atomic mass is 35.5. The predicted molar refractivity (Wildman–Crippen MR) is 66.8 cm³/mol. The van der Waals surface area contributed by atoms with Gasteiger partial charge in [-0.25, -0.2) is 13.4 Å². The monoisotopic (exact) mass is 309 g/mol. The van der Waals surface area contributed by atoms with Crippen molar-refractivity contribution in [2.24, 2.45) is 10.9 Å². The zero-order chi connectivity index (χ0) is 13.3. The molecule has 0 bridgehead atoms. The molecule has 3 N–H and O–H groups in total. The Hall–Kier alpha value is -0.840. The standard InChI is InChI=1S/C8H8ClN3O4S2/c1-4-11-6-2-5(9)7(17-16-15-10)3-8(6)18(13,14)12-4/h2-3H,10H2,1H3,(H,11,12). The summed E-state index contributed by atoms with van der Waals surface area (Å²) < 4.78 is 30.5. The number of hydrogen-bond donors (Lipinski definition) is 2. The van der Waals surface area contributed by atoms with E-state index in [0.29, 0.717) is 16.9 Å². The minimum Gasteiger partial charge on any atom is -0.267 e. The van der Waals surface area contributed by atoms with Crippen LogP contribution >= 0.6 is 23.6 Å². The number of sulfonamides is 1. The molecule has 0 spiro atoms. The lowest BCUT2D eigenvalue weighted by molar-refractivity contribution is -0.195. The Morgan fingerprint density at radius 3 is 2.89 bits per heavy atom. The van der Waals surface area contributed by atoms with Crippen molar-refractivity contribution in [3.63, 3.8) is 0 Å². The third-order valence-corrected chi connectivity index (χ3v) is 4.60. The first-order valence-electron chi connectivity index (χ1n) is 4.56. The molecular weight excluding hydrogens is 302 g/mol. The van der Waals surface area contributed by atoms with E-state index >= 15 is 0 Å². The van der Waals surface area contributed by atoms with E-state index < -0.39 is 10.0 Å². The number of halogens is 1. The first-order chi connectivity index (χ1) is 8.44. The third kappa shape index (κ3) is 2.60. The molecule has 1 aliphatic heterocycles. The molecule has 1 heterocycles. The number of amidine groups is 1. The molecule has 1 aromatic carbocycles. The lowest BCUT2D eigenvalue weighted by Crippen LogP contribution is -2.31. The molecule has 98 valence electrons. The number of aliphatic imine (C=N–C) groups is 1. The van der Waals surface area contributed by atoms with E-state index in [-0.39, 0.29) is 21.4 Å². The minimum absolute atomic E-state index is 0.0145. The Balaban J connectivity index is 2.54. The first kappa shape index (κ1) is 13.6. The number of rotatable bonds is 3. The predicted octanol–water partition coefficient (Wildman–Crippen LogP) is 1.51. The van der Waals surface area contributed by atoms with Gasteiger partial charge in [-0.05, 0) is 19.1 Å². The molecule has 0 atom stereocenters. The average Bonchev–Trinajstić information content (AvgIpc) is 2.25. The number of hydrogen-bond acceptors (Lipinski definition) is 7. The topological polar surface area (TPSA) is 103 Å². The molecule has 10 heteroatoms. The van der Waals surface area contributed by atoms with Gasteiger partial charge >= 0.3 is 0 Å². The zero-order valence-electron chi connectivity index (χ0n) is 9.01. The second kappa shape index (κ2) is 5.03. The summed E-state index contributed by atoms with van der Waals surface area (Å²) in [5.41, 5.74) is 0.272. The fraction of sp³-hybridized carbons (Fsp3) is 0.125. The van der Waals surface area contributed by atoms with Gasteiger partial charge in [-0.15, -0.1) is 9.32 Å². The van der Waals surface area contributed by atoms with Crippen LogP contribution in [0, 0.1) is 0 Å². The lowest BCUT2D eigenvalue weighted by Gasteiger charge is -2.16. The molecule has 0 aliphatic carbocycles. The van der Waals surface area contributed by atoms with Gasteiger partial charge in [0.2, 0.25) is 0 Å². The SMILES string of the molecule is CC1=Nc2cc(Cl)c(SOON)cc2S(=O)(=O)N1. The second-order valence-electron chi connectivity index (χ2n) is 3.30. The Morgan fingerprint density at radius 2 is 2.22 bits per heavy atom. The fourth-order valence-electron chi connectivity index (χ4n) is 1.40. The highest BCUT2D eigenvalue weighted by Crippen LogP contribution is 2.37. The summed E-state index contributed by atoms with van der Waals surface area (Å²) in [6.45, 7) is 1.54. The van der Waals surface area contributed by atoms with Crippen molar-refractivity contribution < 1.29 is 17.7 Å². The molecule has 0 amide bonds. The van der Waals surface area contributed by atoms with Gasteiger partial charge in [0.15, 0.2) is 0 Å². The van der Waals surface area contributed by atoms with Gasteiger partial charge in [0.25, 0.3) is 10.0 Å². The molecule has 0 saturated carbocycles. The molecule has 7 nitrogen and oxygen atoms in total. The van der Waals surface area contributed by atoms with E-state index in [1.165, 1.54) is 12.1 Å². The van der Waals surface area contributed by atoms with E-state index in [0.717, 1.165) is 0 Å². The minimum atomic E-state index is -3.64. The van der Waals surface area contributed by atoms with Crippen LogP contribution in [0.1, 0.15) is 6.92 Å². The van der Waals surface area contributed by atoms with Crippen molar-refractivity contribution in [1.29, 1.82) is 0 Å². The maximum atomic E-state index is 11.9. The summed E-state index contributed by atoms with van der Waals surface area (Å²) in [6, 6.07) is 2.76. The van der Waals surface area contributed by atoms with Crippen LogP contribution in [0.3, 0.4) is 0 Å². The molecule has 0 radical (unpaired) electrons. The van der Waals surface area contributed by atoms with E-state index in [9.17, 15) is 8.42 Å². The van der Waals surface area contributed by atoms with E-state index in [1.54, 1.807) is 6.92 Å². The van der Waals surface area contributed by atoms with E-state index in [4.69, 9.17) is 17.5 Å². The molecule has 0 aromatic heterocycles. The molecule has 0 unspecified atom stereocenters. The van der Waals surface area contributed by atoms with Gasteiger partial charge < -0.3 is 0 Å². The largest absolute Gasteiger partial charge is 0.267 e. The van der Waals surface area contributed by atoms with Crippen LogP contribution in [0.25, 0.3) is 0 Å². The molecule has 1 aromatic rings. The van der Waals surface area contributed by atoms with Gasteiger partial charge in [-0.1, -0.05) is 11.6 Å². The third-order valence-electron chi connectivity index (χ3n) is 2.04. The van der Waals surface area contributed by atoms with Crippen molar-refractivity contribution in [2.45, 2.75) is 16.7 Å². The van der Waals surface area contributed by atoms with Gasteiger partial charge in [-0.2, -0.15) is 5.90 Å². The van der Waals surface area contributed by atoms with Crippen LogP contribution in [0.2, 0.25) is 5.02 Å². The van der Waals surface area contributed by atoms with Gasteiger partial charge in [0, 0.05) is 0 Å². The van der Waals surface area contributed by atoms with Crippen molar-refractivity contribution >= 4 is 45.2 Å². The maximum absolute atomic E-state index is 11.9. The molecule has 0 fully saturated rings. The smallest absolute Gasteiger partial charge is 0.264 e. The van der Waals surface area contributed by atoms with Crippen molar-refractivity contribution in [3.05, 3.63) is 17.2 Å². The van der Waals surface area contributed by atoms with E-state index in [1.807, 2.05) is 0 Å². The number of nitrogens with zero attached hydrogens (tertiary/aromatic N) is 1. The highest BCUT2D eigenvalue weighted by molar-refractivity contribution is 7.94. The van der Waals surface area contributed by atoms with Crippen LogP contribution in [-0.4, -0.2) is 14.3 Å². The number of nitrogens with two attached hydrogens (primary N) is 1. The molecule has 1 aliphatic rings. The van der Waals surface area contributed by atoms with Crippen LogP contribution in [-0.2, 0) is 19.3 Å². The van der Waals surface area contributed by atoms with Crippen LogP contribution in [0.15, 0.2) is 26.9 Å². The number of fused-ring (bicyclic) bond motifs is 1. The normalized spacial score (nSPS) is 16.7. The Morgan fingerprint density at radius 1 is 1.50 bits per heavy atom. The van der Waals surface area contributed by atoms with Crippen LogP contribution in [0.4, 0.5) is 5.69 Å². The van der Waals surface area contributed by atoms with Crippen molar-refractivity contribution in [2.75, 3.05) is 0 Å². The number of nitrogens with one attached hydrogen (secondary N) is 1. The Bertz CT molecular complexity index is 617. The second-order valence-corrected chi connectivity index (χ2v) is 6.10. The lowest BCUT2D eigenvalue weighted by atomic mass is 10.3. The van der Waals surface area contributed by atoms with Gasteiger partial charge in [0.1, 0.15) is 10.7 Å². The fourth-order valence-corrected chi connectivity index (χ4v) is 3.34. The van der Waals surface area contributed by atoms with Gasteiger partial charge in [-0.3, -0.25) is 4.72 Å². The Kier molecular flexibility index (Phi) is 3.80. The molecular formula is C8H8ClN3O4S2. The summed E-state index contributed by atoms with van der Waals surface area (Å²) in [6.07, 6.45) is 0. The zero-order valence-corrected chi connectivity index (χ0v) is 11.4. The average molecular weight is 310 g/mol. The Labute approximate surface area is 112 Å².